The third-order valence-electron chi connectivity index (χ3n) is 4.20. The molecule has 0 radical (unpaired) electrons. The van der Waals surface area contributed by atoms with E-state index in [1.807, 2.05) is 0 Å². The topological polar surface area (TPSA) is 20.3 Å². The Balaban J connectivity index is 1.95. The van der Waals surface area contributed by atoms with Crippen molar-refractivity contribution >= 4 is 5.91 Å². The van der Waals surface area contributed by atoms with E-state index in [1.54, 1.807) is 6.07 Å². The van der Waals surface area contributed by atoms with Gasteiger partial charge in [-0.3, -0.25) is 4.79 Å². The summed E-state index contributed by atoms with van der Waals surface area (Å²) in [6.45, 7) is 0.0821. The maximum atomic E-state index is 13.3. The van der Waals surface area contributed by atoms with Crippen molar-refractivity contribution in [3.63, 3.8) is 0 Å². The summed E-state index contributed by atoms with van der Waals surface area (Å²) in [5, 5.41) is 0. The summed E-state index contributed by atoms with van der Waals surface area (Å²) in [6.07, 6.45) is -3.41. The zero-order chi connectivity index (χ0) is 14.5. The van der Waals surface area contributed by atoms with Crippen LogP contribution >= 0.6 is 0 Å². The standard InChI is InChI=1S/C14H13F4NO/c15-10-3-4-11-8-1-2-9(12(11)5-10)7-19(6-8)13(20)14(16,17)18/h3-5,8-9H,1-2,6-7H2. The zero-order valence-corrected chi connectivity index (χ0v) is 10.6. The van der Waals surface area contributed by atoms with Gasteiger partial charge in [0.2, 0.25) is 0 Å². The first-order valence-electron chi connectivity index (χ1n) is 6.51. The predicted molar refractivity (Wildman–Crippen MR) is 63.8 cm³/mol. The largest absolute Gasteiger partial charge is 0.471 e. The summed E-state index contributed by atoms with van der Waals surface area (Å²) in [5.74, 6) is -2.51. The lowest BCUT2D eigenvalue weighted by atomic mass is 9.78. The number of halogens is 4. The van der Waals surface area contributed by atoms with Crippen LogP contribution in [0.3, 0.4) is 0 Å². The van der Waals surface area contributed by atoms with Crippen molar-refractivity contribution in [2.75, 3.05) is 13.1 Å². The fourth-order valence-electron chi connectivity index (χ4n) is 3.32. The monoisotopic (exact) mass is 287 g/mol. The summed E-state index contributed by atoms with van der Waals surface area (Å²) < 4.78 is 51.1. The van der Waals surface area contributed by atoms with Gasteiger partial charge in [-0.25, -0.2) is 4.39 Å². The highest BCUT2D eigenvalue weighted by atomic mass is 19.4. The van der Waals surface area contributed by atoms with Crippen molar-refractivity contribution in [3.05, 3.63) is 35.1 Å². The molecule has 1 aromatic carbocycles. The molecule has 0 aromatic heterocycles. The quantitative estimate of drug-likeness (QED) is 0.671. The van der Waals surface area contributed by atoms with E-state index in [0.717, 1.165) is 22.4 Å². The molecule has 0 saturated carbocycles. The Morgan fingerprint density at radius 2 is 1.70 bits per heavy atom. The molecule has 2 bridgehead atoms. The lowest BCUT2D eigenvalue weighted by Crippen LogP contribution is -2.42. The van der Waals surface area contributed by atoms with Crippen LogP contribution in [0.25, 0.3) is 0 Å². The number of carbonyl (C=O) groups excluding carboxylic acids is 1. The van der Waals surface area contributed by atoms with Gasteiger partial charge in [0.1, 0.15) is 5.82 Å². The van der Waals surface area contributed by atoms with Gasteiger partial charge in [-0.15, -0.1) is 0 Å². The summed E-state index contributed by atoms with van der Waals surface area (Å²) in [4.78, 5) is 12.3. The van der Waals surface area contributed by atoms with Crippen LogP contribution in [0.1, 0.15) is 35.8 Å². The minimum absolute atomic E-state index is 0.0191. The molecule has 1 fully saturated rings. The molecule has 3 aliphatic rings. The van der Waals surface area contributed by atoms with Crippen molar-refractivity contribution in [2.24, 2.45) is 0 Å². The number of nitrogens with zero attached hydrogens (tertiary/aromatic N) is 1. The van der Waals surface area contributed by atoms with Gasteiger partial charge in [-0.1, -0.05) is 6.07 Å². The van der Waals surface area contributed by atoms with E-state index in [0.29, 0.717) is 6.42 Å². The minimum atomic E-state index is -4.85. The van der Waals surface area contributed by atoms with Gasteiger partial charge in [-0.2, -0.15) is 13.2 Å². The first-order chi connectivity index (χ1) is 9.36. The van der Waals surface area contributed by atoms with E-state index >= 15 is 0 Å². The van der Waals surface area contributed by atoms with Crippen LogP contribution in [-0.2, 0) is 4.79 Å². The Labute approximate surface area is 113 Å². The Morgan fingerprint density at radius 3 is 2.30 bits per heavy atom. The molecule has 2 unspecified atom stereocenters. The number of rotatable bonds is 0. The Hall–Kier alpha value is -1.59. The second kappa shape index (κ2) is 4.46. The number of carbonyl (C=O) groups is 1. The van der Waals surface area contributed by atoms with E-state index in [4.69, 9.17) is 0 Å². The third kappa shape index (κ3) is 2.17. The van der Waals surface area contributed by atoms with Gasteiger partial charge in [0.15, 0.2) is 0 Å². The number of hydrogen-bond donors (Lipinski definition) is 0. The molecule has 0 N–H and O–H groups in total. The molecule has 1 saturated heterocycles. The average Bonchev–Trinajstić information content (AvgIpc) is 2.67. The van der Waals surface area contributed by atoms with Crippen LogP contribution in [0.4, 0.5) is 17.6 Å². The van der Waals surface area contributed by atoms with Crippen LogP contribution in [0.2, 0.25) is 0 Å². The molecule has 20 heavy (non-hydrogen) atoms. The van der Waals surface area contributed by atoms with Crippen molar-refractivity contribution in [2.45, 2.75) is 30.9 Å². The molecule has 2 heterocycles. The number of alkyl halides is 3. The minimum Gasteiger partial charge on any atom is -0.334 e. The highest BCUT2D eigenvalue weighted by molar-refractivity contribution is 5.82. The van der Waals surface area contributed by atoms with E-state index in [1.165, 1.54) is 12.1 Å². The smallest absolute Gasteiger partial charge is 0.334 e. The van der Waals surface area contributed by atoms with Gasteiger partial charge < -0.3 is 4.90 Å². The summed E-state index contributed by atoms with van der Waals surface area (Å²) in [5.41, 5.74) is 1.65. The fraction of sp³-hybridized carbons (Fsp3) is 0.500. The van der Waals surface area contributed by atoms with E-state index < -0.39 is 12.1 Å². The highest BCUT2D eigenvalue weighted by Gasteiger charge is 2.46. The summed E-state index contributed by atoms with van der Waals surface area (Å²) >= 11 is 0. The molecule has 1 aromatic rings. The fourth-order valence-corrected chi connectivity index (χ4v) is 3.32. The van der Waals surface area contributed by atoms with Crippen molar-refractivity contribution in [1.82, 2.24) is 4.90 Å². The summed E-state index contributed by atoms with van der Waals surface area (Å²) in [7, 11) is 0. The van der Waals surface area contributed by atoms with E-state index in [9.17, 15) is 22.4 Å². The van der Waals surface area contributed by atoms with Crippen molar-refractivity contribution < 1.29 is 22.4 Å². The molecule has 2 aliphatic heterocycles. The number of benzene rings is 1. The van der Waals surface area contributed by atoms with Gasteiger partial charge in [0, 0.05) is 24.9 Å². The molecule has 2 atom stereocenters. The first-order valence-corrected chi connectivity index (χ1v) is 6.51. The van der Waals surface area contributed by atoms with Crippen LogP contribution < -0.4 is 0 Å². The molecular weight excluding hydrogens is 274 g/mol. The molecule has 2 nitrogen and oxygen atoms in total. The normalized spacial score (nSPS) is 25.3. The molecule has 108 valence electrons. The average molecular weight is 287 g/mol. The van der Waals surface area contributed by atoms with Gasteiger partial charge in [0.25, 0.3) is 0 Å². The van der Waals surface area contributed by atoms with Crippen molar-refractivity contribution in [3.8, 4) is 0 Å². The maximum absolute atomic E-state index is 13.3. The second-order valence-corrected chi connectivity index (χ2v) is 5.45. The molecule has 0 spiro atoms. The Morgan fingerprint density at radius 1 is 1.10 bits per heavy atom. The van der Waals surface area contributed by atoms with Crippen LogP contribution in [0.15, 0.2) is 18.2 Å². The molecule has 6 heteroatoms. The first kappa shape index (κ1) is 13.4. The maximum Gasteiger partial charge on any atom is 0.471 e. The van der Waals surface area contributed by atoms with Crippen LogP contribution in [-0.4, -0.2) is 30.1 Å². The lowest BCUT2D eigenvalue weighted by molar-refractivity contribution is -0.185. The number of hydrogen-bond acceptors (Lipinski definition) is 1. The third-order valence-corrected chi connectivity index (χ3v) is 4.20. The van der Waals surface area contributed by atoms with Gasteiger partial charge in [0.05, 0.1) is 0 Å². The van der Waals surface area contributed by atoms with E-state index in [-0.39, 0.29) is 30.7 Å². The number of fused-ring (bicyclic) bond motifs is 3. The van der Waals surface area contributed by atoms with Crippen molar-refractivity contribution in [1.29, 1.82) is 0 Å². The zero-order valence-electron chi connectivity index (χ0n) is 10.6. The Bertz CT molecular complexity index is 555. The van der Waals surface area contributed by atoms with Crippen LogP contribution in [0, 0.1) is 5.82 Å². The highest BCUT2D eigenvalue weighted by Crippen LogP contribution is 2.43. The SMILES string of the molecule is O=C(N1CC2CCC(C1)c1cc(F)ccc12)C(F)(F)F. The lowest BCUT2D eigenvalue weighted by Gasteiger charge is -2.26. The van der Waals surface area contributed by atoms with Gasteiger partial charge in [-0.05, 0) is 36.1 Å². The molecule has 1 aliphatic carbocycles. The molecule has 1 amide bonds. The molecular formula is C14H13F4NO. The Kier molecular flexibility index (Phi) is 2.99. The molecule has 4 rings (SSSR count). The second-order valence-electron chi connectivity index (χ2n) is 5.45. The van der Waals surface area contributed by atoms with Crippen LogP contribution in [0.5, 0.6) is 0 Å². The van der Waals surface area contributed by atoms with Gasteiger partial charge >= 0.3 is 12.1 Å². The number of amides is 1. The van der Waals surface area contributed by atoms with E-state index in [2.05, 4.69) is 0 Å². The summed E-state index contributed by atoms with van der Waals surface area (Å²) in [6, 6.07) is 4.37. The predicted octanol–water partition coefficient (Wildman–Crippen LogP) is 3.19.